The van der Waals surface area contributed by atoms with Crippen LogP contribution in [0.15, 0.2) is 24.3 Å². The third-order valence-corrected chi connectivity index (χ3v) is 2.38. The summed E-state index contributed by atoms with van der Waals surface area (Å²) in [5.41, 5.74) is 11.7. The van der Waals surface area contributed by atoms with Crippen LogP contribution in [-0.4, -0.2) is 21.0 Å². The van der Waals surface area contributed by atoms with E-state index in [-0.39, 0.29) is 28.8 Å². The molecule has 0 saturated carbocycles. The van der Waals surface area contributed by atoms with Crippen LogP contribution in [-0.2, 0) is 0 Å². The molecule has 1 aromatic heterocycles. The van der Waals surface area contributed by atoms with Gasteiger partial charge < -0.3 is 21.3 Å². The summed E-state index contributed by atoms with van der Waals surface area (Å²) in [4.78, 5) is 19.5. The molecular weight excluding hydrogens is 248 g/mol. The van der Waals surface area contributed by atoms with Crippen LogP contribution >= 0.6 is 0 Å². The Morgan fingerprint density at radius 2 is 1.84 bits per heavy atom. The molecule has 0 bridgehead atoms. The van der Waals surface area contributed by atoms with Crippen LogP contribution in [0.4, 0.5) is 11.8 Å². The third kappa shape index (κ3) is 2.71. The highest BCUT2D eigenvalue weighted by molar-refractivity contribution is 5.91. The van der Waals surface area contributed by atoms with E-state index >= 15 is 0 Å². The molecule has 1 aromatic carbocycles. The predicted molar refractivity (Wildman–Crippen MR) is 68.7 cm³/mol. The van der Waals surface area contributed by atoms with Crippen LogP contribution in [0.25, 0.3) is 0 Å². The van der Waals surface area contributed by atoms with Gasteiger partial charge in [-0.2, -0.15) is 4.98 Å². The van der Waals surface area contributed by atoms with Crippen LogP contribution in [0.2, 0.25) is 0 Å². The molecule has 0 atom stereocenters. The number of esters is 1. The van der Waals surface area contributed by atoms with E-state index in [9.17, 15) is 4.79 Å². The van der Waals surface area contributed by atoms with Crippen molar-refractivity contribution in [2.24, 2.45) is 0 Å². The van der Waals surface area contributed by atoms with E-state index in [1.54, 1.807) is 6.92 Å². The van der Waals surface area contributed by atoms with Gasteiger partial charge in [-0.15, -0.1) is 0 Å². The summed E-state index contributed by atoms with van der Waals surface area (Å²) in [5, 5.41) is 9.14. The lowest BCUT2D eigenvalue weighted by Gasteiger charge is -2.09. The second-order valence-electron chi connectivity index (χ2n) is 3.82. The van der Waals surface area contributed by atoms with Gasteiger partial charge in [0.05, 0.1) is 11.3 Å². The maximum absolute atomic E-state index is 11.9. The van der Waals surface area contributed by atoms with Crippen molar-refractivity contribution in [2.45, 2.75) is 6.92 Å². The van der Waals surface area contributed by atoms with E-state index in [2.05, 4.69) is 9.97 Å². The lowest BCUT2D eigenvalue weighted by molar-refractivity contribution is 0.0733. The number of hydrogen-bond acceptors (Lipinski definition) is 7. The summed E-state index contributed by atoms with van der Waals surface area (Å²) < 4.78 is 5.13. The Morgan fingerprint density at radius 1 is 1.21 bits per heavy atom. The first-order chi connectivity index (χ1) is 8.97. The van der Waals surface area contributed by atoms with E-state index in [0.29, 0.717) is 5.69 Å². The van der Waals surface area contributed by atoms with E-state index in [4.69, 9.17) is 21.3 Å². The normalized spacial score (nSPS) is 10.2. The Morgan fingerprint density at radius 3 is 2.42 bits per heavy atom. The molecule has 0 spiro atoms. The summed E-state index contributed by atoms with van der Waals surface area (Å²) in [6.45, 7) is 1.60. The number of carbonyl (C=O) groups excluding carboxylic acids is 1. The summed E-state index contributed by atoms with van der Waals surface area (Å²) in [7, 11) is 0. The zero-order chi connectivity index (χ0) is 14.0. The molecule has 0 aliphatic carbocycles. The largest absolute Gasteiger partial charge is 0.508 e. The van der Waals surface area contributed by atoms with Gasteiger partial charge in [-0.05, 0) is 31.2 Å². The van der Waals surface area contributed by atoms with E-state index in [0.717, 1.165) is 0 Å². The molecule has 0 fully saturated rings. The van der Waals surface area contributed by atoms with Crippen LogP contribution < -0.4 is 16.2 Å². The minimum Gasteiger partial charge on any atom is -0.508 e. The molecule has 7 heteroatoms. The summed E-state index contributed by atoms with van der Waals surface area (Å²) in [6, 6.07) is 5.63. The number of nitrogens with two attached hydrogens (primary N) is 2. The molecule has 0 radical (unpaired) electrons. The van der Waals surface area contributed by atoms with Gasteiger partial charge in [-0.3, -0.25) is 0 Å². The summed E-state index contributed by atoms with van der Waals surface area (Å²) in [5.74, 6) is -0.477. The molecule has 19 heavy (non-hydrogen) atoms. The number of aryl methyl sites for hydroxylation is 1. The smallest absolute Gasteiger partial charge is 0.343 e. The SMILES string of the molecule is Cc1nc(N)nc(N)c1OC(=O)c1ccc(O)cc1. The van der Waals surface area contributed by atoms with Crippen molar-refractivity contribution in [2.75, 3.05) is 11.5 Å². The van der Waals surface area contributed by atoms with Gasteiger partial charge in [0.1, 0.15) is 5.75 Å². The number of phenols is 1. The van der Waals surface area contributed by atoms with Gasteiger partial charge in [-0.1, -0.05) is 0 Å². The number of phenolic OH excluding ortho intramolecular Hbond substituents is 1. The quantitative estimate of drug-likeness (QED) is 0.684. The number of hydrogen-bond donors (Lipinski definition) is 3. The number of ether oxygens (including phenoxy) is 1. The maximum Gasteiger partial charge on any atom is 0.343 e. The Hall–Kier alpha value is -2.83. The number of rotatable bonds is 2. The molecule has 0 unspecified atom stereocenters. The van der Waals surface area contributed by atoms with Crippen molar-refractivity contribution in [3.63, 3.8) is 0 Å². The van der Waals surface area contributed by atoms with Crippen molar-refractivity contribution in [1.82, 2.24) is 9.97 Å². The van der Waals surface area contributed by atoms with Gasteiger partial charge >= 0.3 is 5.97 Å². The highest BCUT2D eigenvalue weighted by Gasteiger charge is 2.15. The minimum absolute atomic E-state index is 0.00266. The first kappa shape index (κ1) is 12.6. The predicted octanol–water partition coefficient (Wildman–Crippen LogP) is 0.874. The van der Waals surface area contributed by atoms with E-state index < -0.39 is 5.97 Å². The molecule has 7 nitrogen and oxygen atoms in total. The summed E-state index contributed by atoms with van der Waals surface area (Å²) >= 11 is 0. The number of aromatic hydroxyl groups is 1. The number of nitrogen functional groups attached to an aromatic ring is 2. The van der Waals surface area contributed by atoms with Gasteiger partial charge in [0.15, 0.2) is 11.6 Å². The molecule has 2 rings (SSSR count). The molecule has 0 aliphatic heterocycles. The highest BCUT2D eigenvalue weighted by atomic mass is 16.5. The molecule has 98 valence electrons. The first-order valence-electron chi connectivity index (χ1n) is 5.38. The fourth-order valence-electron chi connectivity index (χ4n) is 1.48. The second kappa shape index (κ2) is 4.81. The lowest BCUT2D eigenvalue weighted by Crippen LogP contribution is -2.13. The third-order valence-electron chi connectivity index (χ3n) is 2.38. The lowest BCUT2D eigenvalue weighted by atomic mass is 10.2. The zero-order valence-electron chi connectivity index (χ0n) is 10.1. The second-order valence-corrected chi connectivity index (χ2v) is 3.82. The standard InChI is InChI=1S/C12H12N4O3/c1-6-9(10(13)16-12(14)15-6)19-11(18)7-2-4-8(17)5-3-7/h2-5,17H,1H3,(H4,13,14,15,16). The van der Waals surface area contributed by atoms with Crippen molar-refractivity contribution in [3.8, 4) is 11.5 Å². The molecule has 2 aromatic rings. The molecule has 0 aliphatic rings. The van der Waals surface area contributed by atoms with Crippen LogP contribution in [0.5, 0.6) is 11.5 Å². The van der Waals surface area contributed by atoms with Crippen LogP contribution in [0.1, 0.15) is 16.1 Å². The molecular formula is C12H12N4O3. The zero-order valence-corrected chi connectivity index (χ0v) is 10.1. The Kier molecular flexibility index (Phi) is 3.19. The molecule has 0 amide bonds. The Labute approximate surface area is 108 Å². The molecule has 0 saturated heterocycles. The Balaban J connectivity index is 2.26. The number of nitrogens with zero attached hydrogens (tertiary/aromatic N) is 2. The van der Waals surface area contributed by atoms with Gasteiger partial charge in [0.25, 0.3) is 0 Å². The minimum atomic E-state index is -0.622. The number of carbonyl (C=O) groups is 1. The first-order valence-corrected chi connectivity index (χ1v) is 5.38. The van der Waals surface area contributed by atoms with Crippen molar-refractivity contribution < 1.29 is 14.6 Å². The topological polar surface area (TPSA) is 124 Å². The van der Waals surface area contributed by atoms with Gasteiger partial charge in [0.2, 0.25) is 5.95 Å². The average molecular weight is 260 g/mol. The van der Waals surface area contributed by atoms with Crippen molar-refractivity contribution in [3.05, 3.63) is 35.5 Å². The van der Waals surface area contributed by atoms with Crippen LogP contribution in [0.3, 0.4) is 0 Å². The molecule has 1 heterocycles. The van der Waals surface area contributed by atoms with Crippen molar-refractivity contribution in [1.29, 1.82) is 0 Å². The van der Waals surface area contributed by atoms with Gasteiger partial charge in [0, 0.05) is 0 Å². The van der Waals surface area contributed by atoms with Crippen LogP contribution in [0, 0.1) is 6.92 Å². The number of anilines is 2. The Bertz CT molecular complexity index is 602. The molecule has 5 N–H and O–H groups in total. The monoisotopic (exact) mass is 260 g/mol. The summed E-state index contributed by atoms with van der Waals surface area (Å²) in [6.07, 6.45) is 0. The fraction of sp³-hybridized carbons (Fsp3) is 0.0833. The fourth-order valence-corrected chi connectivity index (χ4v) is 1.48. The number of aromatic nitrogens is 2. The average Bonchev–Trinajstić information content (AvgIpc) is 2.34. The van der Waals surface area contributed by atoms with Crippen molar-refractivity contribution >= 4 is 17.7 Å². The van der Waals surface area contributed by atoms with Gasteiger partial charge in [-0.25, -0.2) is 9.78 Å². The van der Waals surface area contributed by atoms with E-state index in [1.807, 2.05) is 0 Å². The van der Waals surface area contributed by atoms with E-state index in [1.165, 1.54) is 24.3 Å². The number of benzene rings is 1. The maximum atomic E-state index is 11.9. The highest BCUT2D eigenvalue weighted by Crippen LogP contribution is 2.24.